The van der Waals surface area contributed by atoms with Gasteiger partial charge in [0.15, 0.2) is 11.0 Å². The molecular formula is C21H22N4S3. The predicted octanol–water partition coefficient (Wildman–Crippen LogP) is 6.14. The number of rotatable bonds is 6. The molecule has 3 aromatic heterocycles. The molecule has 4 rings (SSSR count). The molecule has 0 radical (unpaired) electrons. The minimum absolute atomic E-state index is 0.789. The predicted molar refractivity (Wildman–Crippen MR) is 120 cm³/mol. The Morgan fingerprint density at radius 1 is 1.04 bits per heavy atom. The fourth-order valence-corrected chi connectivity index (χ4v) is 5.99. The quantitative estimate of drug-likeness (QED) is 0.347. The number of hydrogen-bond acceptors (Lipinski definition) is 6. The molecule has 0 bridgehead atoms. The highest BCUT2D eigenvalue weighted by molar-refractivity contribution is 7.98. The Morgan fingerprint density at radius 3 is 2.64 bits per heavy atom. The van der Waals surface area contributed by atoms with Crippen LogP contribution in [0.25, 0.3) is 22.0 Å². The molecule has 1 aromatic carbocycles. The average molecular weight is 427 g/mol. The van der Waals surface area contributed by atoms with Gasteiger partial charge in [0.1, 0.15) is 5.01 Å². The highest BCUT2D eigenvalue weighted by Gasteiger charge is 2.17. The standard InChI is InChI=1S/C21H22N4S3/c1-5-16-14(3)26-12-18(16)19-23-24-21(25(19)4)28-11-15-10-27-20(22-15)17-9-7-6-8-13(17)2/h6-10,12H,5,11H2,1-4H3. The van der Waals surface area contributed by atoms with Crippen molar-refractivity contribution >= 4 is 34.4 Å². The number of thiazole rings is 1. The van der Waals surface area contributed by atoms with Crippen molar-refractivity contribution in [3.05, 3.63) is 56.7 Å². The molecule has 0 spiro atoms. The van der Waals surface area contributed by atoms with Crippen molar-refractivity contribution in [2.45, 2.75) is 38.1 Å². The van der Waals surface area contributed by atoms with Gasteiger partial charge in [-0.15, -0.1) is 32.9 Å². The van der Waals surface area contributed by atoms with E-state index in [4.69, 9.17) is 4.98 Å². The summed E-state index contributed by atoms with van der Waals surface area (Å²) >= 11 is 5.17. The first kappa shape index (κ1) is 19.4. The Balaban J connectivity index is 1.51. The summed E-state index contributed by atoms with van der Waals surface area (Å²) in [6.07, 6.45) is 1.01. The normalized spacial score (nSPS) is 11.3. The van der Waals surface area contributed by atoms with Gasteiger partial charge in [0.25, 0.3) is 0 Å². The number of hydrogen-bond donors (Lipinski definition) is 0. The molecule has 0 aliphatic rings. The Hall–Kier alpha value is -1.96. The van der Waals surface area contributed by atoms with Gasteiger partial charge in [0, 0.05) is 39.6 Å². The molecule has 144 valence electrons. The van der Waals surface area contributed by atoms with Crippen molar-refractivity contribution in [2.75, 3.05) is 0 Å². The Labute approximate surface area is 177 Å². The summed E-state index contributed by atoms with van der Waals surface area (Å²) in [5, 5.41) is 15.2. The molecule has 4 nitrogen and oxygen atoms in total. The number of thioether (sulfide) groups is 1. The van der Waals surface area contributed by atoms with Gasteiger partial charge < -0.3 is 4.57 Å². The zero-order valence-electron chi connectivity index (χ0n) is 16.4. The molecule has 0 atom stereocenters. The van der Waals surface area contributed by atoms with E-state index in [9.17, 15) is 0 Å². The van der Waals surface area contributed by atoms with Crippen molar-refractivity contribution in [3.63, 3.8) is 0 Å². The summed E-state index contributed by atoms with van der Waals surface area (Å²) in [4.78, 5) is 6.19. The van der Waals surface area contributed by atoms with Crippen LogP contribution in [0.3, 0.4) is 0 Å². The van der Waals surface area contributed by atoms with Crippen molar-refractivity contribution in [1.29, 1.82) is 0 Å². The van der Waals surface area contributed by atoms with Crippen molar-refractivity contribution in [3.8, 4) is 22.0 Å². The largest absolute Gasteiger partial charge is 0.305 e. The zero-order chi connectivity index (χ0) is 19.7. The van der Waals surface area contributed by atoms with Crippen molar-refractivity contribution in [2.24, 2.45) is 7.05 Å². The zero-order valence-corrected chi connectivity index (χ0v) is 18.8. The maximum atomic E-state index is 4.82. The van der Waals surface area contributed by atoms with E-state index in [0.29, 0.717) is 0 Å². The molecule has 3 heterocycles. The minimum atomic E-state index is 0.789. The molecule has 4 aromatic rings. The van der Waals surface area contributed by atoms with Gasteiger partial charge in [-0.3, -0.25) is 0 Å². The van der Waals surface area contributed by atoms with Crippen LogP contribution >= 0.6 is 34.4 Å². The summed E-state index contributed by atoms with van der Waals surface area (Å²) in [6.45, 7) is 6.50. The second-order valence-corrected chi connectivity index (χ2v) is 9.53. The Morgan fingerprint density at radius 2 is 1.86 bits per heavy atom. The summed E-state index contributed by atoms with van der Waals surface area (Å²) in [5.74, 6) is 1.74. The van der Waals surface area contributed by atoms with Crippen LogP contribution in [0.5, 0.6) is 0 Å². The Bertz CT molecular complexity index is 1110. The van der Waals surface area contributed by atoms with Crippen LogP contribution in [-0.4, -0.2) is 19.7 Å². The maximum absolute atomic E-state index is 4.82. The van der Waals surface area contributed by atoms with E-state index < -0.39 is 0 Å². The van der Waals surface area contributed by atoms with Crippen molar-refractivity contribution < 1.29 is 0 Å². The van der Waals surface area contributed by atoms with E-state index >= 15 is 0 Å². The van der Waals surface area contributed by atoms with E-state index in [-0.39, 0.29) is 0 Å². The SMILES string of the molecule is CCc1c(-c2nnc(SCc3csc(-c4ccccc4C)n3)n2C)csc1C. The van der Waals surface area contributed by atoms with Crippen LogP contribution in [0, 0.1) is 13.8 Å². The highest BCUT2D eigenvalue weighted by Crippen LogP contribution is 2.33. The van der Waals surface area contributed by atoms with Gasteiger partial charge in [-0.05, 0) is 31.4 Å². The molecule has 0 amide bonds. The van der Waals surface area contributed by atoms with Crippen LogP contribution in [0.4, 0.5) is 0 Å². The van der Waals surface area contributed by atoms with Crippen LogP contribution in [0.1, 0.15) is 28.6 Å². The molecular weight excluding hydrogens is 404 g/mol. The molecule has 0 aliphatic heterocycles. The van der Waals surface area contributed by atoms with Gasteiger partial charge in [0.2, 0.25) is 0 Å². The number of aryl methyl sites for hydroxylation is 2. The van der Waals surface area contributed by atoms with Crippen LogP contribution in [0.15, 0.2) is 40.2 Å². The van der Waals surface area contributed by atoms with Gasteiger partial charge in [-0.25, -0.2) is 4.98 Å². The number of nitrogens with zero attached hydrogens (tertiary/aromatic N) is 4. The van der Waals surface area contributed by atoms with Gasteiger partial charge in [0.05, 0.1) is 5.69 Å². The molecule has 0 N–H and O–H groups in total. The van der Waals surface area contributed by atoms with Crippen LogP contribution in [0.2, 0.25) is 0 Å². The smallest absolute Gasteiger partial charge is 0.191 e. The van der Waals surface area contributed by atoms with Crippen LogP contribution < -0.4 is 0 Å². The highest BCUT2D eigenvalue weighted by atomic mass is 32.2. The molecule has 28 heavy (non-hydrogen) atoms. The first-order valence-corrected chi connectivity index (χ1v) is 11.9. The summed E-state index contributed by atoms with van der Waals surface area (Å²) in [7, 11) is 2.05. The molecule has 0 aliphatic carbocycles. The van der Waals surface area contributed by atoms with Gasteiger partial charge >= 0.3 is 0 Å². The monoisotopic (exact) mass is 426 g/mol. The number of aromatic nitrogens is 4. The van der Waals surface area contributed by atoms with Gasteiger partial charge in [-0.1, -0.05) is 43.0 Å². The van der Waals surface area contributed by atoms with E-state index in [1.54, 1.807) is 34.4 Å². The van der Waals surface area contributed by atoms with E-state index in [1.807, 2.05) is 7.05 Å². The van der Waals surface area contributed by atoms with E-state index in [1.165, 1.54) is 27.1 Å². The van der Waals surface area contributed by atoms with Crippen LogP contribution in [-0.2, 0) is 19.2 Å². The summed E-state index contributed by atoms with van der Waals surface area (Å²) in [6, 6.07) is 8.39. The third-order valence-electron chi connectivity index (χ3n) is 4.81. The Kier molecular flexibility index (Phi) is 5.66. The third kappa shape index (κ3) is 3.66. The molecule has 7 heteroatoms. The molecule has 0 saturated carbocycles. The van der Waals surface area contributed by atoms with E-state index in [0.717, 1.165) is 33.9 Å². The molecule has 0 fully saturated rings. The minimum Gasteiger partial charge on any atom is -0.305 e. The summed E-state index contributed by atoms with van der Waals surface area (Å²) < 4.78 is 2.10. The van der Waals surface area contributed by atoms with Gasteiger partial charge in [-0.2, -0.15) is 0 Å². The summed E-state index contributed by atoms with van der Waals surface area (Å²) in [5.41, 5.74) is 6.14. The lowest BCUT2D eigenvalue weighted by Crippen LogP contribution is -1.96. The number of benzene rings is 1. The average Bonchev–Trinajstić information content (AvgIpc) is 3.39. The second kappa shape index (κ2) is 8.19. The van der Waals surface area contributed by atoms with Crippen molar-refractivity contribution in [1.82, 2.24) is 19.7 Å². The lowest BCUT2D eigenvalue weighted by Gasteiger charge is -2.04. The fourth-order valence-electron chi connectivity index (χ4n) is 3.23. The first-order valence-electron chi connectivity index (χ1n) is 9.18. The number of thiophene rings is 1. The molecule has 0 saturated heterocycles. The van der Waals surface area contributed by atoms with E-state index in [2.05, 4.69) is 70.6 Å². The maximum Gasteiger partial charge on any atom is 0.191 e. The first-order chi connectivity index (χ1) is 13.6. The lowest BCUT2D eigenvalue weighted by molar-refractivity contribution is 0.793. The fraction of sp³-hybridized carbons (Fsp3) is 0.286. The topological polar surface area (TPSA) is 43.6 Å². The third-order valence-corrected chi connectivity index (χ3v) is 7.74. The second-order valence-electron chi connectivity index (χ2n) is 6.65. The molecule has 0 unspecified atom stereocenters. The lowest BCUT2D eigenvalue weighted by atomic mass is 10.1.